The molecule has 17 heavy (non-hydrogen) atoms. The molecule has 94 valence electrons. The summed E-state index contributed by atoms with van der Waals surface area (Å²) in [5.41, 5.74) is 0.493. The van der Waals surface area contributed by atoms with Gasteiger partial charge < -0.3 is 5.32 Å². The van der Waals surface area contributed by atoms with Gasteiger partial charge in [-0.15, -0.1) is 0 Å². The Balaban J connectivity index is 2.00. The molecule has 1 aromatic rings. The van der Waals surface area contributed by atoms with E-state index in [0.29, 0.717) is 12.5 Å². The molecule has 2 nitrogen and oxygen atoms in total. The first kappa shape index (κ1) is 12.3. The smallest absolute Gasteiger partial charge is 0.168 e. The Kier molecular flexibility index (Phi) is 2.64. The predicted octanol–water partition coefficient (Wildman–Crippen LogP) is 3.45. The lowest BCUT2D eigenvalue weighted by Crippen LogP contribution is -2.10. The Labute approximate surface area is 100 Å². The molecule has 1 aromatic heterocycles. The molecule has 2 rings (SSSR count). The highest BCUT2D eigenvalue weighted by Crippen LogP contribution is 2.68. The van der Waals surface area contributed by atoms with Crippen LogP contribution >= 0.6 is 0 Å². The van der Waals surface area contributed by atoms with E-state index >= 15 is 0 Å². The van der Waals surface area contributed by atoms with Crippen LogP contribution in [0.4, 0.5) is 14.6 Å². The molecule has 0 aromatic carbocycles. The van der Waals surface area contributed by atoms with Crippen molar-refractivity contribution in [3.05, 3.63) is 23.9 Å². The maximum atomic E-state index is 13.3. The maximum absolute atomic E-state index is 13.3. The number of hydrogen-bond acceptors (Lipinski definition) is 2. The number of halogens is 2. The molecule has 1 aliphatic rings. The van der Waals surface area contributed by atoms with Gasteiger partial charge in [0.1, 0.15) is 5.82 Å². The van der Waals surface area contributed by atoms with Crippen LogP contribution in [0.2, 0.25) is 0 Å². The summed E-state index contributed by atoms with van der Waals surface area (Å²) in [6.07, 6.45) is 1.02. The Morgan fingerprint density at radius 2 is 1.82 bits per heavy atom. The van der Waals surface area contributed by atoms with E-state index in [-0.39, 0.29) is 16.6 Å². The summed E-state index contributed by atoms with van der Waals surface area (Å²) in [5, 5.41) is 2.96. The summed E-state index contributed by atoms with van der Waals surface area (Å²) in [5.74, 6) is -0.687. The summed E-state index contributed by atoms with van der Waals surface area (Å²) in [7, 11) is 0. The molecular weight excluding hydrogens is 222 g/mol. The van der Waals surface area contributed by atoms with Crippen LogP contribution in [-0.4, -0.2) is 11.5 Å². The van der Waals surface area contributed by atoms with E-state index in [0.717, 1.165) is 12.3 Å². The van der Waals surface area contributed by atoms with E-state index in [1.54, 1.807) is 0 Å². The number of rotatable bonds is 3. The molecule has 0 amide bonds. The van der Waals surface area contributed by atoms with Crippen molar-refractivity contribution >= 4 is 5.82 Å². The van der Waals surface area contributed by atoms with Crippen molar-refractivity contribution in [2.45, 2.75) is 27.7 Å². The molecule has 1 saturated carbocycles. The summed E-state index contributed by atoms with van der Waals surface area (Å²) in [6.45, 7) is 9.47. The molecule has 0 radical (unpaired) electrons. The van der Waals surface area contributed by atoms with Gasteiger partial charge in [0.05, 0.1) is 6.20 Å². The quantitative estimate of drug-likeness (QED) is 0.875. The van der Waals surface area contributed by atoms with E-state index in [4.69, 9.17) is 0 Å². The average molecular weight is 240 g/mol. The third-order valence-corrected chi connectivity index (χ3v) is 4.60. The van der Waals surface area contributed by atoms with Gasteiger partial charge in [-0.2, -0.15) is 0 Å². The average Bonchev–Trinajstić information content (AvgIpc) is 2.58. The molecule has 0 bridgehead atoms. The third kappa shape index (κ3) is 1.90. The van der Waals surface area contributed by atoms with Gasteiger partial charge in [0.25, 0.3) is 0 Å². The van der Waals surface area contributed by atoms with Gasteiger partial charge >= 0.3 is 0 Å². The van der Waals surface area contributed by atoms with Crippen LogP contribution in [0.1, 0.15) is 27.7 Å². The molecule has 0 unspecified atom stereocenters. The molecule has 1 fully saturated rings. The van der Waals surface area contributed by atoms with Crippen LogP contribution in [-0.2, 0) is 0 Å². The minimum atomic E-state index is -0.653. The number of hydrogen-bond donors (Lipinski definition) is 1. The largest absolute Gasteiger partial charge is 0.367 e. The summed E-state index contributed by atoms with van der Waals surface area (Å²) in [4.78, 5) is 3.71. The van der Waals surface area contributed by atoms with Gasteiger partial charge in [0.15, 0.2) is 11.6 Å². The first-order chi connectivity index (χ1) is 7.76. The van der Waals surface area contributed by atoms with E-state index in [2.05, 4.69) is 38.0 Å². The number of nitrogens with one attached hydrogen (secondary N) is 1. The Bertz CT molecular complexity index is 427. The summed E-state index contributed by atoms with van der Waals surface area (Å²) >= 11 is 0. The molecule has 1 aliphatic carbocycles. The van der Waals surface area contributed by atoms with Crippen LogP contribution in [0.3, 0.4) is 0 Å². The molecule has 4 heteroatoms. The lowest BCUT2D eigenvalue weighted by molar-refractivity contribution is 0.457. The Morgan fingerprint density at radius 3 is 2.29 bits per heavy atom. The third-order valence-electron chi connectivity index (χ3n) is 4.60. The van der Waals surface area contributed by atoms with Crippen molar-refractivity contribution in [2.75, 3.05) is 11.9 Å². The van der Waals surface area contributed by atoms with Gasteiger partial charge in [-0.3, -0.25) is 0 Å². The number of pyridine rings is 1. The summed E-state index contributed by atoms with van der Waals surface area (Å²) in [6, 6.07) is 0.846. The van der Waals surface area contributed by atoms with Gasteiger partial charge in [-0.25, -0.2) is 13.8 Å². The van der Waals surface area contributed by atoms with Crippen molar-refractivity contribution in [2.24, 2.45) is 16.7 Å². The SMILES string of the molecule is CC1(C)C(CNc2ncc(F)cc2F)C1(C)C. The zero-order valence-corrected chi connectivity index (χ0v) is 10.6. The molecule has 0 saturated heterocycles. The molecule has 1 heterocycles. The minimum absolute atomic E-state index is 0.130. The number of anilines is 1. The fourth-order valence-electron chi connectivity index (χ4n) is 2.59. The maximum Gasteiger partial charge on any atom is 0.168 e. The highest BCUT2D eigenvalue weighted by Gasteiger charge is 2.64. The second-order valence-corrected chi connectivity index (χ2v) is 5.86. The topological polar surface area (TPSA) is 24.9 Å². The van der Waals surface area contributed by atoms with Crippen LogP contribution < -0.4 is 5.32 Å². The Morgan fingerprint density at radius 1 is 1.24 bits per heavy atom. The van der Waals surface area contributed by atoms with Gasteiger partial charge in [-0.05, 0) is 16.7 Å². The lowest BCUT2D eigenvalue weighted by Gasteiger charge is -2.07. The van der Waals surface area contributed by atoms with Crippen molar-refractivity contribution in [3.8, 4) is 0 Å². The number of nitrogens with zero attached hydrogens (tertiary/aromatic N) is 1. The molecule has 0 atom stereocenters. The fourth-order valence-corrected chi connectivity index (χ4v) is 2.59. The van der Waals surface area contributed by atoms with Crippen molar-refractivity contribution in [3.63, 3.8) is 0 Å². The van der Waals surface area contributed by atoms with Crippen molar-refractivity contribution in [1.82, 2.24) is 4.98 Å². The van der Waals surface area contributed by atoms with Crippen LogP contribution in [0.5, 0.6) is 0 Å². The second kappa shape index (κ2) is 3.65. The van der Waals surface area contributed by atoms with Gasteiger partial charge in [0, 0.05) is 12.6 Å². The van der Waals surface area contributed by atoms with E-state index in [1.807, 2.05) is 0 Å². The molecule has 0 aliphatic heterocycles. The van der Waals surface area contributed by atoms with Crippen LogP contribution in [0, 0.1) is 28.4 Å². The fraction of sp³-hybridized carbons (Fsp3) is 0.615. The van der Waals surface area contributed by atoms with Crippen molar-refractivity contribution in [1.29, 1.82) is 0 Å². The zero-order chi connectivity index (χ0) is 12.8. The van der Waals surface area contributed by atoms with Crippen LogP contribution in [0.25, 0.3) is 0 Å². The minimum Gasteiger partial charge on any atom is -0.367 e. The predicted molar refractivity (Wildman–Crippen MR) is 63.7 cm³/mol. The number of aromatic nitrogens is 1. The lowest BCUT2D eigenvalue weighted by atomic mass is 10.0. The van der Waals surface area contributed by atoms with Gasteiger partial charge in [-0.1, -0.05) is 27.7 Å². The van der Waals surface area contributed by atoms with E-state index < -0.39 is 11.6 Å². The van der Waals surface area contributed by atoms with E-state index in [1.165, 1.54) is 0 Å². The standard InChI is InChI=1S/C13H18F2N2/c1-12(2)10(13(12,3)4)7-17-11-9(15)5-8(14)6-16-11/h5-6,10H,7H2,1-4H3,(H,16,17). The van der Waals surface area contributed by atoms with Crippen LogP contribution in [0.15, 0.2) is 12.3 Å². The first-order valence-electron chi connectivity index (χ1n) is 5.81. The summed E-state index contributed by atoms with van der Waals surface area (Å²) < 4.78 is 26.0. The first-order valence-corrected chi connectivity index (χ1v) is 5.81. The molecule has 1 N–H and O–H groups in total. The molecule has 0 spiro atoms. The highest BCUT2D eigenvalue weighted by atomic mass is 19.1. The highest BCUT2D eigenvalue weighted by molar-refractivity contribution is 5.36. The zero-order valence-electron chi connectivity index (χ0n) is 10.6. The van der Waals surface area contributed by atoms with E-state index in [9.17, 15) is 8.78 Å². The van der Waals surface area contributed by atoms with Gasteiger partial charge in [0.2, 0.25) is 0 Å². The molecular formula is C13H18F2N2. The monoisotopic (exact) mass is 240 g/mol. The second-order valence-electron chi connectivity index (χ2n) is 5.86. The normalized spacial score (nSPS) is 21.3. The van der Waals surface area contributed by atoms with Crippen molar-refractivity contribution < 1.29 is 8.78 Å². The Hall–Kier alpha value is -1.19.